The van der Waals surface area contributed by atoms with Crippen LogP contribution in [-0.2, 0) is 4.79 Å². The molecule has 0 bridgehead atoms. The summed E-state index contributed by atoms with van der Waals surface area (Å²) >= 11 is 3.47. The molecule has 1 aliphatic rings. The first kappa shape index (κ1) is 11.4. The van der Waals surface area contributed by atoms with Gasteiger partial charge in [-0.15, -0.1) is 0 Å². The Morgan fingerprint density at radius 2 is 2.50 bits per heavy atom. The third-order valence-electron chi connectivity index (χ3n) is 2.78. The van der Waals surface area contributed by atoms with Crippen molar-refractivity contribution >= 4 is 27.5 Å². The van der Waals surface area contributed by atoms with E-state index in [-0.39, 0.29) is 11.9 Å². The van der Waals surface area contributed by atoms with Crippen LogP contribution in [0, 0.1) is 0 Å². The summed E-state index contributed by atoms with van der Waals surface area (Å²) in [5.74, 6) is 0.109. The highest BCUT2D eigenvalue weighted by Gasteiger charge is 2.28. The molecular formula is C11H14BrN3O. The molecule has 1 saturated heterocycles. The van der Waals surface area contributed by atoms with E-state index in [0.717, 1.165) is 23.1 Å². The van der Waals surface area contributed by atoms with E-state index < -0.39 is 0 Å². The first-order valence-electron chi connectivity index (χ1n) is 5.38. The Kier molecular flexibility index (Phi) is 3.43. The average molecular weight is 284 g/mol. The van der Waals surface area contributed by atoms with E-state index in [1.807, 2.05) is 13.0 Å². The van der Waals surface area contributed by atoms with Gasteiger partial charge in [-0.1, -0.05) is 6.92 Å². The fourth-order valence-electron chi connectivity index (χ4n) is 2.01. The largest absolute Gasteiger partial charge is 0.357 e. The fraction of sp³-hybridized carbons (Fsp3) is 0.455. The number of carbonyl (C=O) groups excluding carboxylic acids is 1. The predicted molar refractivity (Wildman–Crippen MR) is 66.4 cm³/mol. The third-order valence-corrected chi connectivity index (χ3v) is 3.39. The smallest absolute Gasteiger partial charge is 0.242 e. The maximum Gasteiger partial charge on any atom is 0.242 e. The molecule has 1 amide bonds. The van der Waals surface area contributed by atoms with Crippen molar-refractivity contribution in [3.8, 4) is 0 Å². The molecule has 2 heterocycles. The molecule has 4 nitrogen and oxygen atoms in total. The fourth-order valence-corrected chi connectivity index (χ4v) is 2.49. The summed E-state index contributed by atoms with van der Waals surface area (Å²) in [7, 11) is 0. The maximum atomic E-state index is 11.7. The summed E-state index contributed by atoms with van der Waals surface area (Å²) in [5, 5.41) is 2.89. The number of pyridine rings is 1. The number of halogens is 1. The number of hydrogen-bond acceptors (Lipinski definition) is 3. The number of rotatable bonds is 2. The number of nitrogens with zero attached hydrogens (tertiary/aromatic N) is 2. The van der Waals surface area contributed by atoms with E-state index in [1.165, 1.54) is 0 Å². The molecule has 1 aliphatic heterocycles. The van der Waals surface area contributed by atoms with Crippen molar-refractivity contribution in [1.82, 2.24) is 10.3 Å². The van der Waals surface area contributed by atoms with Crippen molar-refractivity contribution in [3.63, 3.8) is 0 Å². The zero-order chi connectivity index (χ0) is 11.5. The lowest BCUT2D eigenvalue weighted by atomic mass is 10.1. The molecule has 1 atom stereocenters. The van der Waals surface area contributed by atoms with Gasteiger partial charge in [0.15, 0.2) is 0 Å². The van der Waals surface area contributed by atoms with Crippen LogP contribution in [0.4, 0.5) is 5.69 Å². The summed E-state index contributed by atoms with van der Waals surface area (Å²) in [4.78, 5) is 17.9. The molecule has 0 spiro atoms. The van der Waals surface area contributed by atoms with Crippen molar-refractivity contribution < 1.29 is 4.79 Å². The molecule has 0 aliphatic carbocycles. The number of anilines is 1. The minimum absolute atomic E-state index is 0.0764. The minimum atomic E-state index is -0.0764. The van der Waals surface area contributed by atoms with Crippen LogP contribution in [0.1, 0.15) is 13.3 Å². The van der Waals surface area contributed by atoms with E-state index in [9.17, 15) is 4.79 Å². The second kappa shape index (κ2) is 4.82. The van der Waals surface area contributed by atoms with Crippen molar-refractivity contribution in [2.75, 3.05) is 18.0 Å². The van der Waals surface area contributed by atoms with Crippen molar-refractivity contribution in [1.29, 1.82) is 0 Å². The van der Waals surface area contributed by atoms with Crippen LogP contribution in [-0.4, -0.2) is 30.0 Å². The Morgan fingerprint density at radius 1 is 1.69 bits per heavy atom. The van der Waals surface area contributed by atoms with Gasteiger partial charge < -0.3 is 10.2 Å². The monoisotopic (exact) mass is 283 g/mol. The summed E-state index contributed by atoms with van der Waals surface area (Å²) in [6.45, 7) is 3.56. The molecule has 1 aromatic heterocycles. The van der Waals surface area contributed by atoms with Crippen LogP contribution in [0.15, 0.2) is 22.9 Å². The van der Waals surface area contributed by atoms with Gasteiger partial charge in [-0.05, 0) is 28.4 Å². The molecule has 86 valence electrons. The van der Waals surface area contributed by atoms with Gasteiger partial charge in [0.1, 0.15) is 6.04 Å². The van der Waals surface area contributed by atoms with E-state index >= 15 is 0 Å². The molecule has 2 rings (SSSR count). The van der Waals surface area contributed by atoms with Crippen molar-refractivity contribution in [2.45, 2.75) is 19.4 Å². The minimum Gasteiger partial charge on any atom is -0.357 e. The quantitative estimate of drug-likeness (QED) is 0.896. The van der Waals surface area contributed by atoms with E-state index in [1.54, 1.807) is 12.4 Å². The van der Waals surface area contributed by atoms with Gasteiger partial charge >= 0.3 is 0 Å². The zero-order valence-corrected chi connectivity index (χ0v) is 10.7. The average Bonchev–Trinajstić information content (AvgIpc) is 2.29. The first-order chi connectivity index (χ1) is 7.74. The van der Waals surface area contributed by atoms with Crippen LogP contribution in [0.3, 0.4) is 0 Å². The Bertz CT molecular complexity index is 397. The summed E-state index contributed by atoms with van der Waals surface area (Å²) in [6, 6.07) is 1.86. The van der Waals surface area contributed by atoms with E-state index in [0.29, 0.717) is 6.54 Å². The van der Waals surface area contributed by atoms with Crippen molar-refractivity contribution in [3.05, 3.63) is 22.9 Å². The lowest BCUT2D eigenvalue weighted by Crippen LogP contribution is -2.55. The molecule has 0 radical (unpaired) electrons. The summed E-state index contributed by atoms with van der Waals surface area (Å²) in [5.41, 5.74) is 1.04. The molecule has 1 fully saturated rings. The van der Waals surface area contributed by atoms with Crippen LogP contribution in [0.2, 0.25) is 0 Å². The third kappa shape index (κ3) is 2.04. The van der Waals surface area contributed by atoms with Gasteiger partial charge in [-0.25, -0.2) is 0 Å². The summed E-state index contributed by atoms with van der Waals surface area (Å²) in [6.07, 6.45) is 4.31. The molecule has 0 saturated carbocycles. The molecule has 0 aromatic carbocycles. The van der Waals surface area contributed by atoms with Gasteiger partial charge in [-0.3, -0.25) is 9.78 Å². The predicted octanol–water partition coefficient (Wildman–Crippen LogP) is 1.56. The SMILES string of the molecule is CCC1C(=O)NCCN1c1ccncc1Br. The van der Waals surface area contributed by atoms with E-state index in [4.69, 9.17) is 0 Å². The number of nitrogens with one attached hydrogen (secondary N) is 1. The second-order valence-corrected chi connectivity index (χ2v) is 4.59. The zero-order valence-electron chi connectivity index (χ0n) is 9.11. The molecule has 16 heavy (non-hydrogen) atoms. The van der Waals surface area contributed by atoms with Crippen LogP contribution >= 0.6 is 15.9 Å². The lowest BCUT2D eigenvalue weighted by Gasteiger charge is -2.36. The van der Waals surface area contributed by atoms with E-state index in [2.05, 4.69) is 31.1 Å². The number of piperazine rings is 1. The number of hydrogen-bond donors (Lipinski definition) is 1. The molecule has 1 N–H and O–H groups in total. The Morgan fingerprint density at radius 3 is 3.19 bits per heavy atom. The second-order valence-electron chi connectivity index (χ2n) is 3.74. The molecule has 1 unspecified atom stereocenters. The van der Waals surface area contributed by atoms with Gasteiger partial charge in [0.25, 0.3) is 0 Å². The normalized spacial score (nSPS) is 20.8. The maximum absolute atomic E-state index is 11.7. The van der Waals surface area contributed by atoms with Gasteiger partial charge in [-0.2, -0.15) is 0 Å². The topological polar surface area (TPSA) is 45.2 Å². The van der Waals surface area contributed by atoms with Gasteiger partial charge in [0.2, 0.25) is 5.91 Å². The Hall–Kier alpha value is -1.10. The Balaban J connectivity index is 2.31. The highest BCUT2D eigenvalue weighted by molar-refractivity contribution is 9.10. The van der Waals surface area contributed by atoms with Gasteiger partial charge in [0, 0.05) is 25.5 Å². The van der Waals surface area contributed by atoms with Crippen LogP contribution in [0.25, 0.3) is 0 Å². The van der Waals surface area contributed by atoms with Crippen LogP contribution in [0.5, 0.6) is 0 Å². The Labute approximate surface area is 103 Å². The summed E-state index contributed by atoms with van der Waals surface area (Å²) < 4.78 is 0.933. The first-order valence-corrected chi connectivity index (χ1v) is 6.17. The lowest BCUT2D eigenvalue weighted by molar-refractivity contribution is -0.123. The number of carbonyl (C=O) groups is 1. The van der Waals surface area contributed by atoms with Gasteiger partial charge in [0.05, 0.1) is 10.2 Å². The molecule has 5 heteroatoms. The highest BCUT2D eigenvalue weighted by atomic mass is 79.9. The van der Waals surface area contributed by atoms with Crippen LogP contribution < -0.4 is 10.2 Å². The molecule has 1 aromatic rings. The van der Waals surface area contributed by atoms with Crippen molar-refractivity contribution in [2.24, 2.45) is 0 Å². The highest BCUT2D eigenvalue weighted by Crippen LogP contribution is 2.27. The molecular weight excluding hydrogens is 270 g/mol. The number of aromatic nitrogens is 1. The number of amides is 1. The standard InChI is InChI=1S/C11H14BrN3O/c1-2-9-11(16)14-5-6-15(9)10-3-4-13-7-8(10)12/h3-4,7,9H,2,5-6H2,1H3,(H,14,16).